The molecule has 0 spiro atoms. The highest BCUT2D eigenvalue weighted by molar-refractivity contribution is 5.79. The van der Waals surface area contributed by atoms with Crippen molar-refractivity contribution in [2.24, 2.45) is 5.92 Å². The Hall–Kier alpha value is -2.64. The Labute approximate surface area is 166 Å². The SMILES string of the molecule is C.CCN(CC1CC(Nc2ccc(C=O)cc2[N+](=O)[O-])C1)C(=O)OC(C)(C)C. The summed E-state index contributed by atoms with van der Waals surface area (Å²) in [5.41, 5.74) is 0.0519. The maximum Gasteiger partial charge on any atom is 0.410 e. The zero-order valence-electron chi connectivity index (χ0n) is 16.2. The topological polar surface area (TPSA) is 102 Å². The lowest BCUT2D eigenvalue weighted by atomic mass is 9.79. The quantitative estimate of drug-likeness (QED) is 0.416. The number of carbonyl (C=O) groups is 2. The van der Waals surface area contributed by atoms with Crippen LogP contribution in [-0.4, -0.2) is 46.9 Å². The smallest absolute Gasteiger partial charge is 0.410 e. The van der Waals surface area contributed by atoms with E-state index in [-0.39, 0.29) is 30.8 Å². The Kier molecular flexibility index (Phi) is 7.96. The standard InChI is InChI=1S/C19H27N3O5.CH4/c1-5-21(18(24)27-19(2,3)4)11-14-8-15(9-14)20-16-7-6-13(12-23)10-17(16)22(25)26;/h6-7,10,12,14-15,20H,5,8-9,11H2,1-4H3;1H4. The van der Waals surface area contributed by atoms with Gasteiger partial charge in [0.15, 0.2) is 0 Å². The molecule has 1 fully saturated rings. The second kappa shape index (κ2) is 9.52. The second-order valence-electron chi connectivity index (χ2n) is 7.85. The molecule has 1 amide bonds. The van der Waals surface area contributed by atoms with Crippen LogP contribution in [0.5, 0.6) is 0 Å². The predicted octanol–water partition coefficient (Wildman–Crippen LogP) is 4.49. The molecule has 8 nitrogen and oxygen atoms in total. The fraction of sp³-hybridized carbons (Fsp3) is 0.600. The lowest BCUT2D eigenvalue weighted by molar-refractivity contribution is -0.384. The number of aldehydes is 1. The van der Waals surface area contributed by atoms with Crippen molar-refractivity contribution in [3.05, 3.63) is 33.9 Å². The summed E-state index contributed by atoms with van der Waals surface area (Å²) in [7, 11) is 0. The fourth-order valence-electron chi connectivity index (χ4n) is 3.09. The van der Waals surface area contributed by atoms with E-state index in [2.05, 4.69) is 5.32 Å². The molecule has 8 heteroatoms. The van der Waals surface area contributed by atoms with E-state index < -0.39 is 10.5 Å². The highest BCUT2D eigenvalue weighted by Crippen LogP contribution is 2.34. The average Bonchev–Trinajstić information content (AvgIpc) is 2.54. The highest BCUT2D eigenvalue weighted by atomic mass is 16.6. The Morgan fingerprint density at radius 2 is 2.04 bits per heavy atom. The lowest BCUT2D eigenvalue weighted by Crippen LogP contribution is -2.45. The van der Waals surface area contributed by atoms with Gasteiger partial charge in [-0.15, -0.1) is 0 Å². The third kappa shape index (κ3) is 6.21. The number of hydrogen-bond donors (Lipinski definition) is 1. The van der Waals surface area contributed by atoms with Crippen molar-refractivity contribution in [2.45, 2.75) is 59.6 Å². The molecule has 0 heterocycles. The lowest BCUT2D eigenvalue weighted by Gasteiger charge is -2.39. The van der Waals surface area contributed by atoms with Crippen LogP contribution in [0.3, 0.4) is 0 Å². The Morgan fingerprint density at radius 3 is 2.54 bits per heavy atom. The average molecular weight is 393 g/mol. The molecule has 0 bridgehead atoms. The van der Waals surface area contributed by atoms with Crippen LogP contribution in [0.4, 0.5) is 16.2 Å². The van der Waals surface area contributed by atoms with Gasteiger partial charge in [-0.05, 0) is 58.6 Å². The van der Waals surface area contributed by atoms with Gasteiger partial charge in [-0.3, -0.25) is 14.9 Å². The number of benzene rings is 1. The maximum absolute atomic E-state index is 12.2. The third-order valence-electron chi connectivity index (χ3n) is 4.46. The third-order valence-corrected chi connectivity index (χ3v) is 4.46. The molecule has 1 saturated carbocycles. The summed E-state index contributed by atoms with van der Waals surface area (Å²) in [6.45, 7) is 8.61. The van der Waals surface area contributed by atoms with E-state index in [0.29, 0.717) is 31.0 Å². The van der Waals surface area contributed by atoms with Crippen molar-refractivity contribution in [3.8, 4) is 0 Å². The van der Waals surface area contributed by atoms with Gasteiger partial charge in [0, 0.05) is 30.8 Å². The van der Waals surface area contributed by atoms with Gasteiger partial charge in [0.25, 0.3) is 5.69 Å². The summed E-state index contributed by atoms with van der Waals surface area (Å²) < 4.78 is 5.41. The largest absolute Gasteiger partial charge is 0.444 e. The molecule has 0 radical (unpaired) electrons. The van der Waals surface area contributed by atoms with E-state index in [9.17, 15) is 19.7 Å². The molecule has 1 N–H and O–H groups in total. The molecule has 156 valence electrons. The number of nitro groups is 1. The molecule has 0 aliphatic heterocycles. The minimum Gasteiger partial charge on any atom is -0.444 e. The normalized spacial score (nSPS) is 18.3. The molecule has 1 aliphatic carbocycles. The van der Waals surface area contributed by atoms with Gasteiger partial charge in [-0.1, -0.05) is 7.43 Å². The monoisotopic (exact) mass is 393 g/mol. The first kappa shape index (κ1) is 23.4. The Bertz CT molecular complexity index is 708. The molecule has 0 atom stereocenters. The van der Waals surface area contributed by atoms with Crippen molar-refractivity contribution in [1.29, 1.82) is 0 Å². The van der Waals surface area contributed by atoms with Crippen LogP contribution in [0, 0.1) is 16.0 Å². The number of hydrogen-bond acceptors (Lipinski definition) is 6. The Morgan fingerprint density at radius 1 is 1.39 bits per heavy atom. The van der Waals surface area contributed by atoms with Crippen LogP contribution in [-0.2, 0) is 4.74 Å². The molecule has 0 unspecified atom stereocenters. The van der Waals surface area contributed by atoms with E-state index in [1.807, 2.05) is 27.7 Å². The number of rotatable bonds is 7. The van der Waals surface area contributed by atoms with Crippen LogP contribution >= 0.6 is 0 Å². The number of nitrogens with one attached hydrogen (secondary N) is 1. The van der Waals surface area contributed by atoms with Crippen molar-refractivity contribution in [3.63, 3.8) is 0 Å². The number of nitrogens with zero attached hydrogens (tertiary/aromatic N) is 2. The van der Waals surface area contributed by atoms with Gasteiger partial charge in [-0.25, -0.2) is 4.79 Å². The summed E-state index contributed by atoms with van der Waals surface area (Å²) >= 11 is 0. The van der Waals surface area contributed by atoms with Crippen molar-refractivity contribution < 1.29 is 19.2 Å². The van der Waals surface area contributed by atoms with Crippen molar-refractivity contribution in [1.82, 2.24) is 4.90 Å². The Balaban J connectivity index is 0.00000392. The molecule has 0 saturated heterocycles. The van der Waals surface area contributed by atoms with E-state index in [1.165, 1.54) is 6.07 Å². The minimum atomic E-state index is -0.527. The van der Waals surface area contributed by atoms with Gasteiger partial charge in [0.2, 0.25) is 0 Å². The minimum absolute atomic E-state index is 0. The molecular weight excluding hydrogens is 362 g/mol. The molecule has 1 aromatic carbocycles. The van der Waals surface area contributed by atoms with Crippen molar-refractivity contribution in [2.75, 3.05) is 18.4 Å². The van der Waals surface area contributed by atoms with E-state index >= 15 is 0 Å². The van der Waals surface area contributed by atoms with Gasteiger partial charge < -0.3 is 15.0 Å². The van der Waals surface area contributed by atoms with Gasteiger partial charge in [0.05, 0.1) is 4.92 Å². The zero-order chi connectivity index (χ0) is 20.2. The van der Waals surface area contributed by atoms with Crippen LogP contribution in [0.15, 0.2) is 18.2 Å². The fourth-order valence-corrected chi connectivity index (χ4v) is 3.09. The number of amides is 1. The van der Waals surface area contributed by atoms with Crippen LogP contribution in [0.25, 0.3) is 0 Å². The van der Waals surface area contributed by atoms with Gasteiger partial charge >= 0.3 is 6.09 Å². The van der Waals surface area contributed by atoms with Gasteiger partial charge in [0.1, 0.15) is 17.6 Å². The molecule has 1 aliphatic rings. The first-order valence-corrected chi connectivity index (χ1v) is 9.11. The maximum atomic E-state index is 12.2. The summed E-state index contributed by atoms with van der Waals surface area (Å²) in [6, 6.07) is 4.49. The number of nitro benzene ring substituents is 1. The van der Waals surface area contributed by atoms with E-state index in [0.717, 1.165) is 12.8 Å². The molecule has 2 rings (SSSR count). The number of anilines is 1. The number of carbonyl (C=O) groups excluding carboxylic acids is 2. The molecule has 1 aromatic rings. The van der Waals surface area contributed by atoms with Crippen LogP contribution in [0.1, 0.15) is 58.3 Å². The second-order valence-corrected chi connectivity index (χ2v) is 7.85. The zero-order valence-corrected chi connectivity index (χ0v) is 16.2. The number of ether oxygens (including phenoxy) is 1. The van der Waals surface area contributed by atoms with Crippen LogP contribution in [0.2, 0.25) is 0 Å². The van der Waals surface area contributed by atoms with E-state index in [1.54, 1.807) is 17.0 Å². The molecule has 28 heavy (non-hydrogen) atoms. The predicted molar refractivity (Wildman–Crippen MR) is 109 cm³/mol. The van der Waals surface area contributed by atoms with E-state index in [4.69, 9.17) is 4.74 Å². The summed E-state index contributed by atoms with van der Waals surface area (Å²) in [4.78, 5) is 35.4. The highest BCUT2D eigenvalue weighted by Gasteiger charge is 2.33. The first-order chi connectivity index (χ1) is 12.6. The summed E-state index contributed by atoms with van der Waals surface area (Å²) in [5.74, 6) is 0.322. The summed E-state index contributed by atoms with van der Waals surface area (Å²) in [5, 5.41) is 14.4. The molecular formula is C20H31N3O5. The molecule has 0 aromatic heterocycles. The van der Waals surface area contributed by atoms with Crippen LogP contribution < -0.4 is 5.32 Å². The van der Waals surface area contributed by atoms with Crippen molar-refractivity contribution >= 4 is 23.8 Å². The van der Waals surface area contributed by atoms with Gasteiger partial charge in [-0.2, -0.15) is 0 Å². The first-order valence-electron chi connectivity index (χ1n) is 9.11. The summed E-state index contributed by atoms with van der Waals surface area (Å²) in [6.07, 6.45) is 1.89.